The van der Waals surface area contributed by atoms with Crippen molar-refractivity contribution in [3.8, 4) is 0 Å². The van der Waals surface area contributed by atoms with Crippen LogP contribution in [0.1, 0.15) is 43.2 Å². The number of carbonyl (C=O) groups is 1. The van der Waals surface area contributed by atoms with Gasteiger partial charge in [-0.1, -0.05) is 29.8 Å². The van der Waals surface area contributed by atoms with Gasteiger partial charge in [0.15, 0.2) is 0 Å². The predicted molar refractivity (Wildman–Crippen MR) is 80.1 cm³/mol. The fourth-order valence-corrected chi connectivity index (χ4v) is 3.14. The molecular weight excluding hydrogens is 248 g/mol. The first-order valence-corrected chi connectivity index (χ1v) is 7.75. The number of nitrogens with two attached hydrogens (primary N) is 1. The van der Waals surface area contributed by atoms with Crippen molar-refractivity contribution >= 4 is 5.91 Å². The number of hydrogen-bond acceptors (Lipinski definition) is 2. The number of carbonyl (C=O) groups excluding carboxylic acids is 1. The van der Waals surface area contributed by atoms with Crippen molar-refractivity contribution in [2.24, 2.45) is 11.7 Å². The number of aryl methyl sites for hydroxylation is 1. The van der Waals surface area contributed by atoms with Gasteiger partial charge in [0.05, 0.1) is 0 Å². The summed E-state index contributed by atoms with van der Waals surface area (Å²) in [4.78, 5) is 14.8. The van der Waals surface area contributed by atoms with E-state index in [0.29, 0.717) is 11.9 Å². The van der Waals surface area contributed by atoms with Crippen LogP contribution in [0.5, 0.6) is 0 Å². The zero-order chi connectivity index (χ0) is 14.1. The van der Waals surface area contributed by atoms with Gasteiger partial charge in [0, 0.05) is 24.5 Å². The van der Waals surface area contributed by atoms with Crippen molar-refractivity contribution in [2.45, 2.75) is 57.7 Å². The summed E-state index contributed by atoms with van der Waals surface area (Å²) < 4.78 is 0. The molecule has 108 valence electrons. The molecule has 0 saturated heterocycles. The number of amides is 1. The average Bonchev–Trinajstić information content (AvgIpc) is 3.19. The minimum Gasteiger partial charge on any atom is -0.335 e. The van der Waals surface area contributed by atoms with Gasteiger partial charge in [-0.2, -0.15) is 0 Å². The van der Waals surface area contributed by atoms with Gasteiger partial charge >= 0.3 is 0 Å². The molecular formula is C17H24N2O. The van der Waals surface area contributed by atoms with Crippen LogP contribution in [0, 0.1) is 12.8 Å². The summed E-state index contributed by atoms with van der Waals surface area (Å²) in [6.45, 7) is 2.85. The molecule has 0 radical (unpaired) electrons. The Bertz CT molecular complexity index is 478. The van der Waals surface area contributed by atoms with Gasteiger partial charge in [0.2, 0.25) is 5.91 Å². The van der Waals surface area contributed by atoms with E-state index in [-0.39, 0.29) is 12.0 Å². The maximum atomic E-state index is 12.7. The van der Waals surface area contributed by atoms with E-state index < -0.39 is 0 Å². The lowest BCUT2D eigenvalue weighted by Crippen LogP contribution is -2.37. The second kappa shape index (κ2) is 5.57. The molecule has 0 aromatic heterocycles. The van der Waals surface area contributed by atoms with Crippen LogP contribution in [0.25, 0.3) is 0 Å². The quantitative estimate of drug-likeness (QED) is 0.916. The Balaban J connectivity index is 1.69. The third kappa shape index (κ3) is 3.04. The molecule has 3 rings (SSSR count). The van der Waals surface area contributed by atoms with Crippen molar-refractivity contribution in [2.75, 3.05) is 0 Å². The molecule has 1 aromatic rings. The van der Waals surface area contributed by atoms with Crippen molar-refractivity contribution in [1.82, 2.24) is 4.90 Å². The summed E-state index contributed by atoms with van der Waals surface area (Å²) in [6, 6.07) is 9.22. The minimum absolute atomic E-state index is 0.163. The Morgan fingerprint density at radius 3 is 2.45 bits per heavy atom. The van der Waals surface area contributed by atoms with E-state index in [9.17, 15) is 4.79 Å². The molecule has 2 aliphatic rings. The first-order valence-electron chi connectivity index (χ1n) is 7.75. The molecule has 0 bridgehead atoms. The second-order valence-corrected chi connectivity index (χ2v) is 6.45. The molecule has 2 saturated carbocycles. The first-order chi connectivity index (χ1) is 9.63. The molecule has 3 nitrogen and oxygen atoms in total. The normalized spacial score (nSPS) is 25.7. The molecule has 2 unspecified atom stereocenters. The zero-order valence-corrected chi connectivity index (χ0v) is 12.2. The minimum atomic E-state index is 0.163. The summed E-state index contributed by atoms with van der Waals surface area (Å²) in [5.41, 5.74) is 8.45. The number of hydrogen-bond donors (Lipinski definition) is 1. The lowest BCUT2D eigenvalue weighted by atomic mass is 10.1. The number of benzene rings is 1. The van der Waals surface area contributed by atoms with E-state index in [1.165, 1.54) is 11.1 Å². The molecule has 2 fully saturated rings. The van der Waals surface area contributed by atoms with Crippen LogP contribution >= 0.6 is 0 Å². The van der Waals surface area contributed by atoms with Crippen molar-refractivity contribution in [1.29, 1.82) is 0 Å². The summed E-state index contributed by atoms with van der Waals surface area (Å²) >= 11 is 0. The number of rotatable bonds is 4. The van der Waals surface area contributed by atoms with Crippen LogP contribution in [0.2, 0.25) is 0 Å². The summed E-state index contributed by atoms with van der Waals surface area (Å²) in [5, 5.41) is 0. The van der Waals surface area contributed by atoms with Crippen LogP contribution in [0.4, 0.5) is 0 Å². The highest BCUT2D eigenvalue weighted by molar-refractivity contribution is 5.80. The van der Waals surface area contributed by atoms with Crippen LogP contribution in [0.3, 0.4) is 0 Å². The standard InChI is InChI=1S/C17H24N2O/c1-12-2-4-13(5-3-12)11-19(16-8-9-16)17(20)14-6-7-15(18)10-14/h2-5,14-16H,6-11,18H2,1H3. The Labute approximate surface area is 121 Å². The fraction of sp³-hybridized carbons (Fsp3) is 0.588. The van der Waals surface area contributed by atoms with Crippen molar-refractivity contribution in [3.63, 3.8) is 0 Å². The highest BCUT2D eigenvalue weighted by Crippen LogP contribution is 2.33. The third-order valence-electron chi connectivity index (χ3n) is 4.57. The average molecular weight is 272 g/mol. The van der Waals surface area contributed by atoms with E-state index >= 15 is 0 Å². The van der Waals surface area contributed by atoms with E-state index in [0.717, 1.165) is 38.6 Å². The Morgan fingerprint density at radius 1 is 1.20 bits per heavy atom. The van der Waals surface area contributed by atoms with E-state index in [4.69, 9.17) is 5.73 Å². The molecule has 20 heavy (non-hydrogen) atoms. The molecule has 2 atom stereocenters. The van der Waals surface area contributed by atoms with E-state index in [1.807, 2.05) is 0 Å². The Morgan fingerprint density at radius 2 is 1.90 bits per heavy atom. The van der Waals surface area contributed by atoms with Crippen LogP contribution < -0.4 is 5.73 Å². The highest BCUT2D eigenvalue weighted by Gasteiger charge is 2.37. The maximum absolute atomic E-state index is 12.7. The smallest absolute Gasteiger partial charge is 0.226 e. The van der Waals surface area contributed by atoms with Crippen LogP contribution in [-0.2, 0) is 11.3 Å². The number of nitrogens with zero attached hydrogens (tertiary/aromatic N) is 1. The zero-order valence-electron chi connectivity index (χ0n) is 12.2. The second-order valence-electron chi connectivity index (χ2n) is 6.45. The van der Waals surface area contributed by atoms with Gasteiger partial charge in [-0.15, -0.1) is 0 Å². The predicted octanol–water partition coefficient (Wildman–Crippen LogP) is 2.61. The van der Waals surface area contributed by atoms with E-state index in [1.54, 1.807) is 0 Å². The SMILES string of the molecule is Cc1ccc(CN(C(=O)C2CCC(N)C2)C2CC2)cc1. The Kier molecular flexibility index (Phi) is 3.79. The molecule has 3 heteroatoms. The molecule has 2 N–H and O–H groups in total. The molecule has 0 spiro atoms. The third-order valence-corrected chi connectivity index (χ3v) is 4.57. The molecule has 1 aromatic carbocycles. The van der Waals surface area contributed by atoms with Gasteiger partial charge in [-0.25, -0.2) is 0 Å². The van der Waals surface area contributed by atoms with Crippen LogP contribution in [-0.4, -0.2) is 22.9 Å². The molecule has 0 aliphatic heterocycles. The van der Waals surface area contributed by atoms with E-state index in [2.05, 4.69) is 36.1 Å². The van der Waals surface area contributed by atoms with Crippen molar-refractivity contribution < 1.29 is 4.79 Å². The fourth-order valence-electron chi connectivity index (χ4n) is 3.14. The van der Waals surface area contributed by atoms with Gasteiger partial charge in [-0.05, 0) is 44.6 Å². The summed E-state index contributed by atoms with van der Waals surface area (Å²) in [7, 11) is 0. The monoisotopic (exact) mass is 272 g/mol. The van der Waals surface area contributed by atoms with Gasteiger partial charge in [0.1, 0.15) is 0 Å². The lowest BCUT2D eigenvalue weighted by molar-refractivity contribution is -0.136. The van der Waals surface area contributed by atoms with Gasteiger partial charge in [-0.3, -0.25) is 4.79 Å². The van der Waals surface area contributed by atoms with Gasteiger partial charge in [0.25, 0.3) is 0 Å². The van der Waals surface area contributed by atoms with Crippen molar-refractivity contribution in [3.05, 3.63) is 35.4 Å². The highest BCUT2D eigenvalue weighted by atomic mass is 16.2. The lowest BCUT2D eigenvalue weighted by Gasteiger charge is -2.26. The summed E-state index contributed by atoms with van der Waals surface area (Å²) in [5.74, 6) is 0.497. The van der Waals surface area contributed by atoms with Gasteiger partial charge < -0.3 is 10.6 Å². The summed E-state index contributed by atoms with van der Waals surface area (Å²) in [6.07, 6.45) is 5.17. The van der Waals surface area contributed by atoms with Crippen LogP contribution in [0.15, 0.2) is 24.3 Å². The maximum Gasteiger partial charge on any atom is 0.226 e. The Hall–Kier alpha value is -1.35. The first kappa shape index (κ1) is 13.6. The largest absolute Gasteiger partial charge is 0.335 e. The molecule has 0 heterocycles. The topological polar surface area (TPSA) is 46.3 Å². The molecule has 2 aliphatic carbocycles. The molecule has 1 amide bonds.